The molecule has 2 N–H and O–H groups in total. The van der Waals surface area contributed by atoms with Gasteiger partial charge in [-0.25, -0.2) is 4.79 Å². The van der Waals surface area contributed by atoms with Crippen LogP contribution in [0, 0.1) is 24.2 Å². The third-order valence-electron chi connectivity index (χ3n) is 4.67. The van der Waals surface area contributed by atoms with Crippen LogP contribution in [0.2, 0.25) is 0 Å². The lowest BCUT2D eigenvalue weighted by molar-refractivity contribution is -0.119. The Bertz CT molecular complexity index is 942. The van der Waals surface area contributed by atoms with Gasteiger partial charge < -0.3 is 15.2 Å². The Labute approximate surface area is 161 Å². The molecule has 0 aliphatic heterocycles. The zero-order chi connectivity index (χ0) is 19.6. The van der Waals surface area contributed by atoms with Gasteiger partial charge in [-0.05, 0) is 49.3 Å². The molecule has 0 fully saturated rings. The maximum absolute atomic E-state index is 12.2. The van der Waals surface area contributed by atoms with E-state index in [0.717, 1.165) is 29.7 Å². The Morgan fingerprint density at radius 2 is 2.22 bits per heavy atom. The summed E-state index contributed by atoms with van der Waals surface area (Å²) in [6, 6.07) is 6.91. The van der Waals surface area contributed by atoms with E-state index in [-0.39, 0.29) is 11.3 Å². The molecule has 1 aliphatic carbocycles. The van der Waals surface area contributed by atoms with E-state index in [1.54, 1.807) is 19.1 Å². The summed E-state index contributed by atoms with van der Waals surface area (Å²) in [5, 5.41) is 22.6. The van der Waals surface area contributed by atoms with Crippen molar-refractivity contribution in [2.24, 2.45) is 5.92 Å². The SMILES string of the molecule is Cc1cccc(C(=O)OCC(=O)Nc2sc3c(c2C#N)CC[C@H](C)C3)c1O. The number of hydrogen-bond donors (Lipinski definition) is 2. The van der Waals surface area contributed by atoms with Crippen molar-refractivity contribution < 1.29 is 19.4 Å². The number of ether oxygens (including phenoxy) is 1. The molecular weight excluding hydrogens is 364 g/mol. The molecule has 0 saturated carbocycles. The maximum Gasteiger partial charge on any atom is 0.342 e. The number of para-hydroxylation sites is 1. The minimum atomic E-state index is -0.772. The molecule has 6 nitrogen and oxygen atoms in total. The number of carbonyl (C=O) groups excluding carboxylic acids is 2. The number of nitrogens with zero attached hydrogens (tertiary/aromatic N) is 1. The number of anilines is 1. The number of aryl methyl sites for hydroxylation is 1. The highest BCUT2D eigenvalue weighted by molar-refractivity contribution is 7.16. The lowest BCUT2D eigenvalue weighted by atomic mass is 9.89. The molecule has 1 atom stereocenters. The lowest BCUT2D eigenvalue weighted by Crippen LogP contribution is -2.21. The molecule has 1 aromatic heterocycles. The lowest BCUT2D eigenvalue weighted by Gasteiger charge is -2.17. The fraction of sp³-hybridized carbons (Fsp3) is 0.350. The topological polar surface area (TPSA) is 99.4 Å². The van der Waals surface area contributed by atoms with Gasteiger partial charge in [0.1, 0.15) is 22.4 Å². The first-order chi connectivity index (χ1) is 12.9. The standard InChI is InChI=1S/C20H20N2O4S/c1-11-6-7-13-15(9-21)19(27-16(13)8-11)22-17(23)10-26-20(25)14-5-3-4-12(2)18(14)24/h3-5,11,24H,6-8,10H2,1-2H3,(H,22,23)/t11-/m0/s1. The van der Waals surface area contributed by atoms with E-state index in [1.165, 1.54) is 17.4 Å². The van der Waals surface area contributed by atoms with Crippen LogP contribution in [0.1, 0.15) is 45.3 Å². The van der Waals surface area contributed by atoms with Crippen molar-refractivity contribution in [3.05, 3.63) is 45.3 Å². The second kappa shape index (κ2) is 7.80. The van der Waals surface area contributed by atoms with Crippen LogP contribution in [-0.2, 0) is 22.4 Å². The first-order valence-corrected chi connectivity index (χ1v) is 9.52. The number of phenols is 1. The first kappa shape index (κ1) is 18.9. The number of nitriles is 1. The van der Waals surface area contributed by atoms with Crippen LogP contribution in [-0.4, -0.2) is 23.6 Å². The van der Waals surface area contributed by atoms with Crippen molar-refractivity contribution in [3.8, 4) is 11.8 Å². The number of amides is 1. The summed E-state index contributed by atoms with van der Waals surface area (Å²) in [6.07, 6.45) is 2.78. The Kier molecular flexibility index (Phi) is 5.47. The van der Waals surface area contributed by atoms with E-state index < -0.39 is 18.5 Å². The van der Waals surface area contributed by atoms with Crippen LogP contribution < -0.4 is 5.32 Å². The van der Waals surface area contributed by atoms with E-state index in [2.05, 4.69) is 18.3 Å². The minimum Gasteiger partial charge on any atom is -0.507 e. The number of phenolic OH excluding ortho intramolecular Hbond substituents is 1. The molecule has 0 spiro atoms. The number of rotatable bonds is 4. The number of carbonyl (C=O) groups is 2. The third kappa shape index (κ3) is 3.96. The Morgan fingerprint density at radius 1 is 1.44 bits per heavy atom. The molecule has 1 heterocycles. The zero-order valence-corrected chi connectivity index (χ0v) is 16.0. The third-order valence-corrected chi connectivity index (χ3v) is 5.84. The zero-order valence-electron chi connectivity index (χ0n) is 15.2. The molecule has 0 unspecified atom stereocenters. The van der Waals surface area contributed by atoms with Crippen molar-refractivity contribution >= 4 is 28.2 Å². The molecule has 27 heavy (non-hydrogen) atoms. The van der Waals surface area contributed by atoms with Crippen molar-refractivity contribution in [1.29, 1.82) is 5.26 Å². The largest absolute Gasteiger partial charge is 0.507 e. The van der Waals surface area contributed by atoms with Gasteiger partial charge in [-0.15, -0.1) is 11.3 Å². The monoisotopic (exact) mass is 384 g/mol. The van der Waals surface area contributed by atoms with Gasteiger partial charge in [0.15, 0.2) is 6.61 Å². The number of esters is 1. The quantitative estimate of drug-likeness (QED) is 0.785. The van der Waals surface area contributed by atoms with Gasteiger partial charge in [0.05, 0.1) is 5.56 Å². The highest BCUT2D eigenvalue weighted by atomic mass is 32.1. The van der Waals surface area contributed by atoms with Crippen molar-refractivity contribution in [1.82, 2.24) is 0 Å². The number of thiophene rings is 1. The normalized spacial score (nSPS) is 15.5. The molecule has 1 amide bonds. The smallest absolute Gasteiger partial charge is 0.342 e. The molecule has 0 bridgehead atoms. The molecular formula is C20H20N2O4S. The molecule has 140 valence electrons. The average Bonchev–Trinajstić information content (AvgIpc) is 2.97. The molecule has 0 saturated heterocycles. The number of aromatic hydroxyl groups is 1. The van der Waals surface area contributed by atoms with E-state index in [4.69, 9.17) is 4.74 Å². The second-order valence-corrected chi connectivity index (χ2v) is 7.87. The fourth-order valence-electron chi connectivity index (χ4n) is 3.15. The summed E-state index contributed by atoms with van der Waals surface area (Å²) in [5.41, 5.74) is 2.10. The summed E-state index contributed by atoms with van der Waals surface area (Å²) in [5.74, 6) is -0.881. The molecule has 0 radical (unpaired) electrons. The van der Waals surface area contributed by atoms with Crippen molar-refractivity contribution in [2.75, 3.05) is 11.9 Å². The number of benzene rings is 1. The highest BCUT2D eigenvalue weighted by Gasteiger charge is 2.25. The number of hydrogen-bond acceptors (Lipinski definition) is 6. The van der Waals surface area contributed by atoms with Crippen LogP contribution in [0.5, 0.6) is 5.75 Å². The molecule has 7 heteroatoms. The van der Waals surface area contributed by atoms with E-state index in [1.807, 2.05) is 0 Å². The second-order valence-electron chi connectivity index (χ2n) is 6.76. The van der Waals surface area contributed by atoms with E-state index in [0.29, 0.717) is 22.0 Å². The first-order valence-electron chi connectivity index (χ1n) is 8.71. The molecule has 1 aliphatic rings. The summed E-state index contributed by atoms with van der Waals surface area (Å²) in [7, 11) is 0. The molecule has 3 rings (SSSR count). The van der Waals surface area contributed by atoms with Gasteiger partial charge in [-0.1, -0.05) is 19.1 Å². The van der Waals surface area contributed by atoms with Crippen molar-refractivity contribution in [3.63, 3.8) is 0 Å². The van der Waals surface area contributed by atoms with Gasteiger partial charge >= 0.3 is 5.97 Å². The van der Waals surface area contributed by atoms with Gasteiger partial charge in [0.25, 0.3) is 5.91 Å². The minimum absolute atomic E-state index is 0.0149. The van der Waals surface area contributed by atoms with Crippen LogP contribution in [0.3, 0.4) is 0 Å². The van der Waals surface area contributed by atoms with Crippen LogP contribution in [0.4, 0.5) is 5.00 Å². The fourth-order valence-corrected chi connectivity index (χ4v) is 4.53. The van der Waals surface area contributed by atoms with E-state index in [9.17, 15) is 20.0 Å². The number of nitrogens with one attached hydrogen (secondary N) is 1. The summed E-state index contributed by atoms with van der Waals surface area (Å²) in [4.78, 5) is 25.4. The van der Waals surface area contributed by atoms with Gasteiger partial charge in [-0.3, -0.25) is 4.79 Å². The number of fused-ring (bicyclic) bond motifs is 1. The van der Waals surface area contributed by atoms with Crippen LogP contribution >= 0.6 is 11.3 Å². The summed E-state index contributed by atoms with van der Waals surface area (Å²) >= 11 is 1.42. The van der Waals surface area contributed by atoms with E-state index >= 15 is 0 Å². The Hall–Kier alpha value is -2.85. The van der Waals surface area contributed by atoms with Gasteiger partial charge in [-0.2, -0.15) is 5.26 Å². The molecule has 1 aromatic carbocycles. The highest BCUT2D eigenvalue weighted by Crippen LogP contribution is 2.39. The van der Waals surface area contributed by atoms with Crippen LogP contribution in [0.25, 0.3) is 0 Å². The van der Waals surface area contributed by atoms with Crippen molar-refractivity contribution in [2.45, 2.75) is 33.1 Å². The Balaban J connectivity index is 1.66. The molecule has 2 aromatic rings. The summed E-state index contributed by atoms with van der Waals surface area (Å²) < 4.78 is 5.00. The van der Waals surface area contributed by atoms with Crippen LogP contribution in [0.15, 0.2) is 18.2 Å². The predicted octanol–water partition coefficient (Wildman–Crippen LogP) is 3.55. The Morgan fingerprint density at radius 3 is 2.96 bits per heavy atom. The maximum atomic E-state index is 12.2. The average molecular weight is 384 g/mol. The summed E-state index contributed by atoms with van der Waals surface area (Å²) in [6.45, 7) is 3.35. The predicted molar refractivity (Wildman–Crippen MR) is 102 cm³/mol. The van der Waals surface area contributed by atoms with Gasteiger partial charge in [0, 0.05) is 4.88 Å². The van der Waals surface area contributed by atoms with Gasteiger partial charge in [0.2, 0.25) is 0 Å².